The van der Waals surface area contributed by atoms with Crippen molar-refractivity contribution in [3.63, 3.8) is 0 Å². The Morgan fingerprint density at radius 2 is 1.90 bits per heavy atom. The van der Waals surface area contributed by atoms with Gasteiger partial charge in [0.2, 0.25) is 0 Å². The van der Waals surface area contributed by atoms with E-state index < -0.39 is 26.7 Å². The maximum absolute atomic E-state index is 12.8. The lowest BCUT2D eigenvalue weighted by molar-refractivity contribution is -0.139. The summed E-state index contributed by atoms with van der Waals surface area (Å²) in [4.78, 5) is 3.04. The lowest BCUT2D eigenvalue weighted by atomic mass is 10.2. The largest absolute Gasteiger partial charge is 0.417 e. The predicted molar refractivity (Wildman–Crippen MR) is 69.1 cm³/mol. The van der Waals surface area contributed by atoms with Crippen LogP contribution in [0.5, 0.6) is 0 Å². The zero-order valence-electron chi connectivity index (χ0n) is 10.1. The molecule has 4 nitrogen and oxygen atoms in total. The van der Waals surface area contributed by atoms with Crippen molar-refractivity contribution in [1.29, 1.82) is 0 Å². The molecule has 1 N–H and O–H groups in total. The van der Waals surface area contributed by atoms with Gasteiger partial charge >= 0.3 is 6.18 Å². The number of halogens is 3. The summed E-state index contributed by atoms with van der Waals surface area (Å²) in [5.41, 5.74) is -0.627. The number of aryl methyl sites for hydroxylation is 1. The van der Waals surface area contributed by atoms with Crippen LogP contribution in [0.3, 0.4) is 0 Å². The van der Waals surface area contributed by atoms with Gasteiger partial charge in [-0.05, 0) is 19.1 Å². The average molecular weight is 322 g/mol. The molecule has 0 unspecified atom stereocenters. The van der Waals surface area contributed by atoms with E-state index in [9.17, 15) is 21.6 Å². The van der Waals surface area contributed by atoms with Gasteiger partial charge in [-0.1, -0.05) is 12.1 Å². The van der Waals surface area contributed by atoms with Gasteiger partial charge in [0.1, 0.15) is 0 Å². The Bertz CT molecular complexity index is 723. The second kappa shape index (κ2) is 5.06. The molecule has 0 aliphatic rings. The first-order chi connectivity index (χ1) is 9.20. The van der Waals surface area contributed by atoms with E-state index in [0.29, 0.717) is 5.69 Å². The van der Waals surface area contributed by atoms with E-state index in [1.54, 1.807) is 12.3 Å². The van der Waals surface area contributed by atoms with E-state index in [0.717, 1.165) is 29.5 Å². The molecule has 108 valence electrons. The average Bonchev–Trinajstić information content (AvgIpc) is 2.73. The SMILES string of the molecule is Cc1csc(NS(=O)(=O)c2ccccc2C(F)(F)F)n1. The van der Waals surface area contributed by atoms with Crippen molar-refractivity contribution in [2.75, 3.05) is 4.72 Å². The third-order valence-corrected chi connectivity index (χ3v) is 4.72. The fourth-order valence-corrected chi connectivity index (χ4v) is 3.68. The first-order valence-electron chi connectivity index (χ1n) is 5.31. The molecule has 0 aliphatic heterocycles. The summed E-state index contributed by atoms with van der Waals surface area (Å²) in [5.74, 6) is 0. The van der Waals surface area contributed by atoms with E-state index in [-0.39, 0.29) is 5.13 Å². The number of rotatable bonds is 3. The number of anilines is 1. The lowest BCUT2D eigenvalue weighted by Gasteiger charge is -2.13. The number of aromatic nitrogens is 1. The second-order valence-electron chi connectivity index (χ2n) is 3.89. The molecule has 0 saturated heterocycles. The Hall–Kier alpha value is -1.61. The molecule has 0 aliphatic carbocycles. The molecule has 0 radical (unpaired) electrons. The Kier molecular flexibility index (Phi) is 3.74. The van der Waals surface area contributed by atoms with Crippen LogP contribution < -0.4 is 4.72 Å². The molecule has 20 heavy (non-hydrogen) atoms. The van der Waals surface area contributed by atoms with Gasteiger partial charge in [0, 0.05) is 5.38 Å². The fraction of sp³-hybridized carbons (Fsp3) is 0.182. The molecule has 1 aromatic carbocycles. The van der Waals surface area contributed by atoms with E-state index in [1.165, 1.54) is 6.07 Å². The van der Waals surface area contributed by atoms with Gasteiger partial charge < -0.3 is 0 Å². The summed E-state index contributed by atoms with van der Waals surface area (Å²) in [6.45, 7) is 1.65. The number of alkyl halides is 3. The smallest absolute Gasteiger partial charge is 0.255 e. The van der Waals surface area contributed by atoms with Gasteiger partial charge in [-0.3, -0.25) is 4.72 Å². The summed E-state index contributed by atoms with van der Waals surface area (Å²) < 4.78 is 64.6. The first-order valence-corrected chi connectivity index (χ1v) is 7.67. The van der Waals surface area contributed by atoms with Crippen molar-refractivity contribution >= 4 is 26.5 Å². The number of thiazole rings is 1. The summed E-state index contributed by atoms with van der Waals surface area (Å²) in [6, 6.07) is 4.00. The summed E-state index contributed by atoms with van der Waals surface area (Å²) in [7, 11) is -4.34. The third kappa shape index (κ3) is 3.10. The van der Waals surface area contributed by atoms with Crippen molar-refractivity contribution in [3.8, 4) is 0 Å². The molecule has 2 rings (SSSR count). The standard InChI is InChI=1S/C11H9F3N2O2S2/c1-7-6-19-10(15-7)16-20(17,18)9-5-3-2-4-8(9)11(12,13)14/h2-6H,1H3,(H,15,16). The maximum atomic E-state index is 12.8. The summed E-state index contributed by atoms with van der Waals surface area (Å²) >= 11 is 1.00. The van der Waals surface area contributed by atoms with Gasteiger partial charge in [0.05, 0.1) is 16.2 Å². The summed E-state index contributed by atoms with van der Waals surface area (Å²) in [6.07, 6.45) is -4.75. The molecule has 1 heterocycles. The molecule has 0 atom stereocenters. The van der Waals surface area contributed by atoms with Gasteiger partial charge in [0.25, 0.3) is 10.0 Å². The molecular formula is C11H9F3N2O2S2. The van der Waals surface area contributed by atoms with Crippen molar-refractivity contribution in [2.45, 2.75) is 18.0 Å². The van der Waals surface area contributed by atoms with Crippen LogP contribution in [0.1, 0.15) is 11.3 Å². The maximum Gasteiger partial charge on any atom is 0.417 e. The molecule has 2 aromatic rings. The van der Waals surface area contributed by atoms with Crippen LogP contribution in [0.4, 0.5) is 18.3 Å². The summed E-state index contributed by atoms with van der Waals surface area (Å²) in [5, 5.41) is 1.62. The minimum Gasteiger partial charge on any atom is -0.255 e. The fourth-order valence-electron chi connectivity index (χ4n) is 1.51. The van der Waals surface area contributed by atoms with Crippen LogP contribution in [-0.2, 0) is 16.2 Å². The lowest BCUT2D eigenvalue weighted by Crippen LogP contribution is -2.18. The van der Waals surface area contributed by atoms with E-state index in [2.05, 4.69) is 4.98 Å². The zero-order chi connectivity index (χ0) is 15.0. The molecule has 0 spiro atoms. The third-order valence-electron chi connectivity index (χ3n) is 2.32. The highest BCUT2D eigenvalue weighted by Gasteiger charge is 2.37. The van der Waals surface area contributed by atoms with E-state index in [1.807, 2.05) is 4.72 Å². The number of sulfonamides is 1. The molecule has 0 saturated carbocycles. The van der Waals surface area contributed by atoms with Gasteiger partial charge in [-0.15, -0.1) is 11.3 Å². The highest BCUT2D eigenvalue weighted by atomic mass is 32.2. The Balaban J connectivity index is 2.45. The minimum absolute atomic E-state index is 0.0273. The van der Waals surface area contributed by atoms with Gasteiger partial charge in [0.15, 0.2) is 5.13 Å². The molecule has 9 heteroatoms. The zero-order valence-corrected chi connectivity index (χ0v) is 11.7. The Morgan fingerprint density at radius 1 is 1.25 bits per heavy atom. The van der Waals surface area contributed by atoms with Crippen molar-refractivity contribution in [2.24, 2.45) is 0 Å². The predicted octanol–water partition coefficient (Wildman–Crippen LogP) is 3.27. The highest BCUT2D eigenvalue weighted by molar-refractivity contribution is 7.93. The molecule has 1 aromatic heterocycles. The molecule has 0 fully saturated rings. The monoisotopic (exact) mass is 322 g/mol. The van der Waals surface area contributed by atoms with Crippen LogP contribution in [0.15, 0.2) is 34.5 Å². The Labute approximate surface area is 117 Å². The Morgan fingerprint density at radius 3 is 2.45 bits per heavy atom. The van der Waals surface area contributed by atoms with Gasteiger partial charge in [-0.25, -0.2) is 13.4 Å². The highest BCUT2D eigenvalue weighted by Crippen LogP contribution is 2.34. The van der Waals surface area contributed by atoms with Crippen molar-refractivity contribution < 1.29 is 21.6 Å². The van der Waals surface area contributed by atoms with Crippen LogP contribution in [0.2, 0.25) is 0 Å². The van der Waals surface area contributed by atoms with Gasteiger partial charge in [-0.2, -0.15) is 13.2 Å². The quantitative estimate of drug-likeness (QED) is 0.943. The van der Waals surface area contributed by atoms with Crippen LogP contribution >= 0.6 is 11.3 Å². The van der Waals surface area contributed by atoms with Crippen LogP contribution in [-0.4, -0.2) is 13.4 Å². The minimum atomic E-state index is -4.75. The van der Waals surface area contributed by atoms with E-state index in [4.69, 9.17) is 0 Å². The van der Waals surface area contributed by atoms with Crippen molar-refractivity contribution in [1.82, 2.24) is 4.98 Å². The van der Waals surface area contributed by atoms with Crippen LogP contribution in [0.25, 0.3) is 0 Å². The topological polar surface area (TPSA) is 59.1 Å². The normalized spacial score (nSPS) is 12.4. The number of hydrogen-bond acceptors (Lipinski definition) is 4. The molecular weight excluding hydrogens is 313 g/mol. The molecule has 0 bridgehead atoms. The number of nitrogens with zero attached hydrogens (tertiary/aromatic N) is 1. The molecule has 0 amide bonds. The van der Waals surface area contributed by atoms with Crippen LogP contribution in [0, 0.1) is 6.92 Å². The number of hydrogen-bond donors (Lipinski definition) is 1. The second-order valence-corrected chi connectivity index (χ2v) is 6.40. The van der Waals surface area contributed by atoms with E-state index >= 15 is 0 Å². The van der Waals surface area contributed by atoms with Crippen molar-refractivity contribution in [3.05, 3.63) is 40.9 Å². The first kappa shape index (κ1) is 14.8. The number of benzene rings is 1. The number of nitrogens with one attached hydrogen (secondary N) is 1.